The van der Waals surface area contributed by atoms with Crippen molar-refractivity contribution >= 4 is 28.7 Å². The lowest BCUT2D eigenvalue weighted by Crippen LogP contribution is -2.45. The minimum atomic E-state index is -4.98. The Balaban J connectivity index is 4.82. The number of carbonyl (C=O) groups excluding carboxylic acids is 1. The first-order valence-corrected chi connectivity index (χ1v) is 25.8. The molecule has 2 unspecified atom stereocenters. The van der Waals surface area contributed by atoms with Crippen LogP contribution in [0.25, 0.3) is 0 Å². The largest absolute Gasteiger partial charge is 0.380 e. The van der Waals surface area contributed by atoms with Crippen LogP contribution in [0.5, 0.6) is 0 Å². The van der Waals surface area contributed by atoms with Gasteiger partial charge in [0.2, 0.25) is 5.91 Å². The van der Waals surface area contributed by atoms with Crippen LogP contribution in [0.3, 0.4) is 0 Å². The number of hydrogen-bond acceptors (Lipinski definition) is 5. The zero-order valence-corrected chi connectivity index (χ0v) is 35.5. The highest BCUT2D eigenvalue weighted by Gasteiger charge is 2.41. The Kier molecular flexibility index (Phi) is 31.9. The molecule has 1 amide bonds. The molecule has 0 aromatic heterocycles. The molecule has 0 radical (unpaired) electrons. The first-order valence-electron chi connectivity index (χ1n) is 20.6. The molecular formula is C37H78NO11P3. The highest BCUT2D eigenvalue weighted by molar-refractivity contribution is 7.53. The standard InChI is InChI=1S/C37H78NO11P3/c1-3-5-7-9-11-13-15-17-18-20-22-24-26-28-31-49-34-35(51(43,44)45)33-38(30-32-50(40,41)42)37(39)36(52(46,47)48)29-27-25-23-21-19-16-14-12-10-8-6-4-2/h35-36H,3-34H2,1-2H3,(H2,40,41,42)(H2,43,44,45)(H2,46,47,48). The predicted octanol–water partition coefficient (Wildman–Crippen LogP) is 9.67. The van der Waals surface area contributed by atoms with E-state index in [-0.39, 0.29) is 13.0 Å². The van der Waals surface area contributed by atoms with Crippen LogP contribution in [0.15, 0.2) is 0 Å². The fourth-order valence-electron chi connectivity index (χ4n) is 6.50. The Bertz CT molecular complexity index is 1000. The van der Waals surface area contributed by atoms with Crippen molar-refractivity contribution in [2.24, 2.45) is 0 Å². The number of unbranched alkanes of at least 4 members (excludes halogenated alkanes) is 24. The summed E-state index contributed by atoms with van der Waals surface area (Å²) in [5, 5.41) is 0. The van der Waals surface area contributed by atoms with Crippen molar-refractivity contribution in [2.45, 2.75) is 199 Å². The van der Waals surface area contributed by atoms with E-state index in [4.69, 9.17) is 4.74 Å². The molecule has 12 nitrogen and oxygen atoms in total. The zero-order valence-electron chi connectivity index (χ0n) is 32.8. The summed E-state index contributed by atoms with van der Waals surface area (Å²) in [7, 11) is -14.5. The second-order valence-electron chi connectivity index (χ2n) is 14.9. The predicted molar refractivity (Wildman–Crippen MR) is 212 cm³/mol. The lowest BCUT2D eigenvalue weighted by Gasteiger charge is -2.31. The number of nitrogens with zero attached hydrogens (tertiary/aromatic N) is 1. The van der Waals surface area contributed by atoms with Gasteiger partial charge in [0.05, 0.1) is 12.8 Å². The minimum Gasteiger partial charge on any atom is -0.380 e. The maximum absolute atomic E-state index is 13.5. The second kappa shape index (κ2) is 32.0. The molecule has 0 aliphatic carbocycles. The molecule has 0 aliphatic rings. The average molecular weight is 806 g/mol. The molecule has 6 N–H and O–H groups in total. The molecule has 0 saturated heterocycles. The molecule has 312 valence electrons. The van der Waals surface area contributed by atoms with Crippen LogP contribution < -0.4 is 0 Å². The van der Waals surface area contributed by atoms with E-state index >= 15 is 0 Å². The molecule has 0 fully saturated rings. The number of carbonyl (C=O) groups is 1. The van der Waals surface area contributed by atoms with Crippen molar-refractivity contribution in [3.63, 3.8) is 0 Å². The maximum Gasteiger partial charge on any atom is 0.337 e. The van der Waals surface area contributed by atoms with Crippen molar-refractivity contribution in [3.05, 3.63) is 0 Å². The quantitative estimate of drug-likeness (QED) is 0.0256. The molecule has 0 aromatic rings. The Hall–Kier alpha value is -0.120. The van der Waals surface area contributed by atoms with Crippen molar-refractivity contribution < 1.29 is 52.6 Å². The van der Waals surface area contributed by atoms with Crippen LogP contribution in [0.1, 0.15) is 187 Å². The van der Waals surface area contributed by atoms with Gasteiger partial charge < -0.3 is 39.0 Å². The summed E-state index contributed by atoms with van der Waals surface area (Å²) in [6.45, 7) is 3.04. The average Bonchev–Trinajstić information content (AvgIpc) is 3.05. The highest BCUT2D eigenvalue weighted by Crippen LogP contribution is 2.46. The highest BCUT2D eigenvalue weighted by atomic mass is 31.2. The molecule has 0 rings (SSSR count). The number of amides is 1. The van der Waals surface area contributed by atoms with Gasteiger partial charge in [-0.2, -0.15) is 0 Å². The van der Waals surface area contributed by atoms with Gasteiger partial charge in [0.1, 0.15) is 11.3 Å². The summed E-state index contributed by atoms with van der Waals surface area (Å²) in [5.41, 5.74) is -3.27. The van der Waals surface area contributed by atoms with E-state index in [0.717, 1.165) is 49.8 Å². The number of hydrogen-bond donors (Lipinski definition) is 6. The lowest BCUT2D eigenvalue weighted by atomic mass is 10.0. The normalized spacial score (nSPS) is 13.8. The summed E-state index contributed by atoms with van der Waals surface area (Å²) in [6.07, 6.45) is 28.3. The third-order valence-electron chi connectivity index (χ3n) is 9.85. The smallest absolute Gasteiger partial charge is 0.337 e. The molecule has 0 aromatic carbocycles. The van der Waals surface area contributed by atoms with E-state index in [1.54, 1.807) is 0 Å². The molecule has 15 heteroatoms. The molecular weight excluding hydrogens is 727 g/mol. The molecule has 0 bridgehead atoms. The van der Waals surface area contributed by atoms with Gasteiger partial charge in [0.25, 0.3) is 0 Å². The molecule has 52 heavy (non-hydrogen) atoms. The fraction of sp³-hybridized carbons (Fsp3) is 0.973. The van der Waals surface area contributed by atoms with E-state index < -0.39 is 65.9 Å². The van der Waals surface area contributed by atoms with Crippen molar-refractivity contribution in [1.29, 1.82) is 0 Å². The second-order valence-corrected chi connectivity index (χ2v) is 20.4. The van der Waals surface area contributed by atoms with Crippen molar-refractivity contribution in [2.75, 3.05) is 32.5 Å². The van der Waals surface area contributed by atoms with Gasteiger partial charge in [-0.15, -0.1) is 0 Å². The maximum atomic E-state index is 13.5. The van der Waals surface area contributed by atoms with Gasteiger partial charge in [-0.25, -0.2) is 0 Å². The summed E-state index contributed by atoms with van der Waals surface area (Å²) >= 11 is 0. The summed E-state index contributed by atoms with van der Waals surface area (Å²) in [5.74, 6) is -1.06. The van der Waals surface area contributed by atoms with Gasteiger partial charge in [-0.05, 0) is 12.8 Å². The number of ether oxygens (including phenoxy) is 1. The molecule has 0 heterocycles. The van der Waals surface area contributed by atoms with Gasteiger partial charge in [0.15, 0.2) is 0 Å². The Morgan fingerprint density at radius 1 is 0.538 bits per heavy atom. The van der Waals surface area contributed by atoms with E-state index in [1.807, 2.05) is 0 Å². The Labute approximate surface area is 316 Å². The minimum absolute atomic E-state index is 0.136. The van der Waals surface area contributed by atoms with Gasteiger partial charge >= 0.3 is 22.8 Å². The van der Waals surface area contributed by atoms with Crippen LogP contribution in [-0.2, 0) is 23.2 Å². The molecule has 2 atom stereocenters. The van der Waals surface area contributed by atoms with Gasteiger partial charge in [0, 0.05) is 19.7 Å². The molecule has 0 aliphatic heterocycles. The first-order chi connectivity index (χ1) is 24.6. The summed E-state index contributed by atoms with van der Waals surface area (Å²) in [6, 6.07) is 0. The van der Waals surface area contributed by atoms with Crippen LogP contribution in [-0.4, -0.2) is 84.0 Å². The van der Waals surface area contributed by atoms with E-state index in [1.165, 1.54) is 103 Å². The van der Waals surface area contributed by atoms with Crippen molar-refractivity contribution in [1.82, 2.24) is 4.90 Å². The van der Waals surface area contributed by atoms with E-state index in [0.29, 0.717) is 19.3 Å². The first kappa shape index (κ1) is 51.9. The summed E-state index contributed by atoms with van der Waals surface area (Å²) in [4.78, 5) is 73.6. The monoisotopic (exact) mass is 805 g/mol. The van der Waals surface area contributed by atoms with E-state index in [9.17, 15) is 47.9 Å². The SMILES string of the molecule is CCCCCCCCCCCCCCCCOCC(CN(CCP(=O)(O)O)C(=O)C(CCCCCCCCCCCCCC)P(=O)(O)O)P(=O)(O)O. The Morgan fingerprint density at radius 2 is 0.904 bits per heavy atom. The van der Waals surface area contributed by atoms with Crippen LogP contribution in [0.4, 0.5) is 0 Å². The lowest BCUT2D eigenvalue weighted by molar-refractivity contribution is -0.131. The van der Waals surface area contributed by atoms with Gasteiger partial charge in [-0.3, -0.25) is 18.5 Å². The van der Waals surface area contributed by atoms with Crippen LogP contribution in [0.2, 0.25) is 0 Å². The fourth-order valence-corrected chi connectivity index (χ4v) is 8.68. The van der Waals surface area contributed by atoms with Gasteiger partial charge in [-0.1, -0.05) is 174 Å². The van der Waals surface area contributed by atoms with Crippen molar-refractivity contribution in [3.8, 4) is 0 Å². The topological polar surface area (TPSA) is 202 Å². The summed E-state index contributed by atoms with van der Waals surface area (Å²) < 4.78 is 42.1. The van der Waals surface area contributed by atoms with Crippen LogP contribution >= 0.6 is 22.8 Å². The molecule has 0 spiro atoms. The van der Waals surface area contributed by atoms with Crippen LogP contribution in [0, 0.1) is 0 Å². The Morgan fingerprint density at radius 3 is 1.25 bits per heavy atom. The number of rotatable bonds is 38. The molecule has 0 saturated carbocycles. The van der Waals surface area contributed by atoms with E-state index in [2.05, 4.69) is 13.8 Å². The zero-order chi connectivity index (χ0) is 39.1. The third kappa shape index (κ3) is 31.1. The third-order valence-corrected chi connectivity index (χ3v) is 13.2.